The molecule has 0 bridgehead atoms. The minimum absolute atomic E-state index is 0.339. The fraction of sp³-hybridized carbons (Fsp3) is 0.750. The summed E-state index contributed by atoms with van der Waals surface area (Å²) in [5.41, 5.74) is 1.17. The van der Waals surface area contributed by atoms with Crippen molar-refractivity contribution < 1.29 is 0 Å². The summed E-state index contributed by atoms with van der Waals surface area (Å²) in [5.74, 6) is 3.16. The molecule has 0 saturated carbocycles. The average molecular weight is 274 g/mol. The van der Waals surface area contributed by atoms with Gasteiger partial charge in [-0.15, -0.1) is 0 Å². The summed E-state index contributed by atoms with van der Waals surface area (Å²) < 4.78 is 2.06. The second-order valence-electron chi connectivity index (χ2n) is 4.49. The number of nitrogens with zero attached hydrogens (tertiary/aromatic N) is 2. The van der Waals surface area contributed by atoms with Crippen molar-refractivity contribution in [1.29, 1.82) is 0 Å². The zero-order valence-electron chi connectivity index (χ0n) is 10.4. The van der Waals surface area contributed by atoms with Crippen molar-refractivity contribution in [3.8, 4) is 0 Å². The van der Waals surface area contributed by atoms with E-state index in [1.807, 2.05) is 18.8 Å². The molecule has 1 aliphatic rings. The van der Waals surface area contributed by atoms with Gasteiger partial charge in [0.15, 0.2) is 0 Å². The molecule has 1 saturated heterocycles. The first-order valence-electron chi connectivity index (χ1n) is 6.24. The third-order valence-corrected chi connectivity index (χ3v) is 4.79. The monoisotopic (exact) mass is 273 g/mol. The number of aromatic nitrogens is 2. The largest absolute Gasteiger partial charge is 0.311 e. The van der Waals surface area contributed by atoms with Gasteiger partial charge in [0.2, 0.25) is 0 Å². The smallest absolute Gasteiger partial charge is 0.0834 e. The average Bonchev–Trinajstić information content (AvgIpc) is 2.94. The summed E-state index contributed by atoms with van der Waals surface area (Å²) in [6.45, 7) is 3.11. The van der Waals surface area contributed by atoms with E-state index in [0.29, 0.717) is 12.0 Å². The van der Waals surface area contributed by atoms with Crippen LogP contribution in [0, 0.1) is 5.92 Å². The predicted octanol–water partition coefficient (Wildman–Crippen LogP) is 2.96. The van der Waals surface area contributed by atoms with Crippen LogP contribution in [-0.4, -0.2) is 28.3 Å². The van der Waals surface area contributed by atoms with E-state index in [2.05, 4.69) is 22.0 Å². The number of hydrogen-bond donors (Lipinski definition) is 1. The lowest BCUT2D eigenvalue weighted by Crippen LogP contribution is -2.28. The van der Waals surface area contributed by atoms with Crippen LogP contribution in [-0.2, 0) is 6.54 Å². The Kier molecular flexibility index (Phi) is 4.77. The molecule has 1 aromatic heterocycles. The molecule has 0 aromatic carbocycles. The van der Waals surface area contributed by atoms with E-state index in [0.717, 1.165) is 18.0 Å². The first-order valence-corrected chi connectivity index (χ1v) is 7.77. The van der Waals surface area contributed by atoms with Gasteiger partial charge in [-0.2, -0.15) is 16.9 Å². The third-order valence-electron chi connectivity index (χ3n) is 3.31. The fourth-order valence-corrected chi connectivity index (χ4v) is 4.04. The molecule has 5 heteroatoms. The van der Waals surface area contributed by atoms with Crippen LogP contribution in [0.15, 0.2) is 6.20 Å². The molecule has 0 radical (unpaired) electrons. The Morgan fingerprint density at radius 3 is 3.12 bits per heavy atom. The highest BCUT2D eigenvalue weighted by molar-refractivity contribution is 7.99. The normalized spacial score (nSPS) is 21.9. The minimum atomic E-state index is 0.339. The van der Waals surface area contributed by atoms with Crippen molar-refractivity contribution in [2.24, 2.45) is 5.92 Å². The van der Waals surface area contributed by atoms with Crippen molar-refractivity contribution >= 4 is 23.4 Å². The Bertz CT molecular complexity index is 361. The van der Waals surface area contributed by atoms with Gasteiger partial charge in [0, 0.05) is 6.54 Å². The summed E-state index contributed by atoms with van der Waals surface area (Å²) in [5, 5.41) is 8.61. The molecule has 96 valence electrons. The SMILES string of the molecule is CCCn1ncc(Cl)c1C(NC)C1CCSC1. The molecule has 1 aliphatic heterocycles. The van der Waals surface area contributed by atoms with Crippen molar-refractivity contribution in [3.63, 3.8) is 0 Å². The summed E-state index contributed by atoms with van der Waals surface area (Å²) in [7, 11) is 2.02. The van der Waals surface area contributed by atoms with E-state index in [1.165, 1.54) is 23.6 Å². The van der Waals surface area contributed by atoms with Crippen molar-refractivity contribution in [2.75, 3.05) is 18.6 Å². The zero-order valence-corrected chi connectivity index (χ0v) is 12.0. The van der Waals surface area contributed by atoms with Gasteiger partial charge in [0.25, 0.3) is 0 Å². The van der Waals surface area contributed by atoms with E-state index in [1.54, 1.807) is 6.20 Å². The second kappa shape index (κ2) is 6.12. The van der Waals surface area contributed by atoms with Crippen LogP contribution >= 0.6 is 23.4 Å². The maximum Gasteiger partial charge on any atom is 0.0834 e. The molecule has 2 rings (SSSR count). The maximum atomic E-state index is 6.30. The quantitative estimate of drug-likeness (QED) is 0.895. The molecule has 0 amide bonds. The van der Waals surface area contributed by atoms with Crippen molar-refractivity contribution in [1.82, 2.24) is 15.1 Å². The molecule has 2 heterocycles. The lowest BCUT2D eigenvalue weighted by molar-refractivity contribution is 0.387. The topological polar surface area (TPSA) is 29.9 Å². The van der Waals surface area contributed by atoms with E-state index in [9.17, 15) is 0 Å². The molecule has 0 spiro atoms. The minimum Gasteiger partial charge on any atom is -0.311 e. The van der Waals surface area contributed by atoms with Gasteiger partial charge in [-0.25, -0.2) is 0 Å². The fourth-order valence-electron chi connectivity index (χ4n) is 2.48. The highest BCUT2D eigenvalue weighted by Crippen LogP contribution is 2.36. The molecule has 1 fully saturated rings. The van der Waals surface area contributed by atoms with Gasteiger partial charge in [-0.1, -0.05) is 18.5 Å². The Labute approximate surface area is 112 Å². The summed E-state index contributed by atoms with van der Waals surface area (Å²) in [4.78, 5) is 0. The first kappa shape index (κ1) is 13.2. The van der Waals surface area contributed by atoms with Gasteiger partial charge in [0.1, 0.15) is 0 Å². The van der Waals surface area contributed by atoms with Crippen LogP contribution in [0.5, 0.6) is 0 Å². The Balaban J connectivity index is 2.25. The highest BCUT2D eigenvalue weighted by Gasteiger charge is 2.29. The van der Waals surface area contributed by atoms with Crippen molar-refractivity contribution in [2.45, 2.75) is 32.4 Å². The van der Waals surface area contributed by atoms with Crippen LogP contribution in [0.3, 0.4) is 0 Å². The molecule has 3 nitrogen and oxygen atoms in total. The number of hydrogen-bond acceptors (Lipinski definition) is 3. The molecule has 2 atom stereocenters. The Morgan fingerprint density at radius 2 is 2.53 bits per heavy atom. The second-order valence-corrected chi connectivity index (χ2v) is 6.05. The van der Waals surface area contributed by atoms with Gasteiger partial charge in [-0.3, -0.25) is 4.68 Å². The number of thioether (sulfide) groups is 1. The molecule has 2 unspecified atom stereocenters. The first-order chi connectivity index (χ1) is 8.27. The highest BCUT2D eigenvalue weighted by atomic mass is 35.5. The standard InChI is InChI=1S/C12H20ClN3S/c1-3-5-16-12(10(13)7-15-16)11(14-2)9-4-6-17-8-9/h7,9,11,14H,3-6,8H2,1-2H3. The molecular weight excluding hydrogens is 254 g/mol. The molecule has 17 heavy (non-hydrogen) atoms. The predicted molar refractivity (Wildman–Crippen MR) is 74.8 cm³/mol. The van der Waals surface area contributed by atoms with Crippen LogP contribution in [0.25, 0.3) is 0 Å². The Morgan fingerprint density at radius 1 is 1.71 bits per heavy atom. The van der Waals surface area contributed by atoms with Gasteiger partial charge < -0.3 is 5.32 Å². The van der Waals surface area contributed by atoms with Crippen LogP contribution < -0.4 is 5.32 Å². The lowest BCUT2D eigenvalue weighted by Gasteiger charge is -2.24. The number of aryl methyl sites for hydroxylation is 1. The maximum absolute atomic E-state index is 6.30. The number of halogens is 1. The van der Waals surface area contributed by atoms with Gasteiger partial charge in [0.05, 0.1) is 23.0 Å². The van der Waals surface area contributed by atoms with Crippen LogP contribution in [0.1, 0.15) is 31.5 Å². The van der Waals surface area contributed by atoms with E-state index < -0.39 is 0 Å². The van der Waals surface area contributed by atoms with E-state index in [4.69, 9.17) is 11.6 Å². The van der Waals surface area contributed by atoms with Gasteiger partial charge in [-0.05, 0) is 37.3 Å². The van der Waals surface area contributed by atoms with E-state index in [-0.39, 0.29) is 0 Å². The molecule has 1 N–H and O–H groups in total. The lowest BCUT2D eigenvalue weighted by atomic mass is 9.96. The molecule has 0 aliphatic carbocycles. The van der Waals surface area contributed by atoms with Crippen molar-refractivity contribution in [3.05, 3.63) is 16.9 Å². The third kappa shape index (κ3) is 2.80. The van der Waals surface area contributed by atoms with E-state index >= 15 is 0 Å². The van der Waals surface area contributed by atoms with Crippen LogP contribution in [0.2, 0.25) is 5.02 Å². The zero-order chi connectivity index (χ0) is 12.3. The van der Waals surface area contributed by atoms with Gasteiger partial charge >= 0.3 is 0 Å². The van der Waals surface area contributed by atoms with Crippen LogP contribution in [0.4, 0.5) is 0 Å². The molecule has 1 aromatic rings. The summed E-state index contributed by atoms with van der Waals surface area (Å²) >= 11 is 8.34. The summed E-state index contributed by atoms with van der Waals surface area (Å²) in [6.07, 6.45) is 4.13. The number of rotatable bonds is 5. The summed E-state index contributed by atoms with van der Waals surface area (Å²) in [6, 6.07) is 0.339. The molecular formula is C12H20ClN3S. The Hall–Kier alpha value is -0.190. The number of nitrogens with one attached hydrogen (secondary N) is 1.